The van der Waals surface area contributed by atoms with E-state index in [1.165, 1.54) is 0 Å². The first kappa shape index (κ1) is 30.3. The molecule has 0 aliphatic carbocycles. The van der Waals surface area contributed by atoms with E-state index in [1.54, 1.807) is 24.3 Å². The number of nitrogens with two attached hydrogens (primary N) is 1. The molecular formula is C30H45N3O4. The van der Waals surface area contributed by atoms with Crippen LogP contribution >= 0.6 is 0 Å². The number of esters is 1. The minimum Gasteiger partial charge on any atom is -0.508 e. The van der Waals surface area contributed by atoms with Crippen LogP contribution in [-0.4, -0.2) is 60.2 Å². The summed E-state index contributed by atoms with van der Waals surface area (Å²) >= 11 is 0. The van der Waals surface area contributed by atoms with E-state index in [9.17, 15) is 14.7 Å². The van der Waals surface area contributed by atoms with Gasteiger partial charge in [0.2, 0.25) is 0 Å². The van der Waals surface area contributed by atoms with Gasteiger partial charge in [0.1, 0.15) is 11.9 Å². The van der Waals surface area contributed by atoms with Crippen molar-refractivity contribution in [2.75, 3.05) is 26.2 Å². The van der Waals surface area contributed by atoms with Crippen molar-refractivity contribution in [2.24, 2.45) is 11.7 Å². The molecule has 7 nitrogen and oxygen atoms in total. The van der Waals surface area contributed by atoms with Gasteiger partial charge >= 0.3 is 5.97 Å². The zero-order chi connectivity index (χ0) is 27.4. The summed E-state index contributed by atoms with van der Waals surface area (Å²) in [6.07, 6.45) is 2.67. The number of phenolic OH excluding ortho intramolecular Hbond substituents is 1. The van der Waals surface area contributed by atoms with Crippen molar-refractivity contribution < 1.29 is 19.4 Å². The molecule has 0 radical (unpaired) electrons. The highest BCUT2D eigenvalue weighted by Gasteiger charge is 2.25. The predicted molar refractivity (Wildman–Crippen MR) is 149 cm³/mol. The molecule has 0 unspecified atom stereocenters. The molecule has 2 atom stereocenters. The highest BCUT2D eigenvalue weighted by atomic mass is 16.5. The molecule has 0 spiro atoms. The molecule has 1 amide bonds. The molecule has 0 bridgehead atoms. The van der Waals surface area contributed by atoms with E-state index >= 15 is 0 Å². The second-order valence-corrected chi connectivity index (χ2v) is 10.2. The Morgan fingerprint density at radius 3 is 2.24 bits per heavy atom. The van der Waals surface area contributed by atoms with E-state index in [-0.39, 0.29) is 11.7 Å². The van der Waals surface area contributed by atoms with Gasteiger partial charge in [0.05, 0.1) is 5.56 Å². The quantitative estimate of drug-likeness (QED) is 0.237. The second-order valence-electron chi connectivity index (χ2n) is 10.2. The first-order chi connectivity index (χ1) is 17.6. The summed E-state index contributed by atoms with van der Waals surface area (Å²) in [5, 5.41) is 12.9. The molecule has 7 heteroatoms. The van der Waals surface area contributed by atoms with Gasteiger partial charge in [-0.25, -0.2) is 4.79 Å². The molecule has 2 aromatic carbocycles. The number of aromatic hydroxyl groups is 1. The van der Waals surface area contributed by atoms with Crippen LogP contribution in [0.1, 0.15) is 78.8 Å². The first-order valence-electron chi connectivity index (χ1n) is 13.5. The second kappa shape index (κ2) is 15.4. The van der Waals surface area contributed by atoms with E-state index in [4.69, 9.17) is 10.5 Å². The van der Waals surface area contributed by atoms with Crippen LogP contribution in [0.4, 0.5) is 0 Å². The molecule has 37 heavy (non-hydrogen) atoms. The largest absolute Gasteiger partial charge is 0.508 e. The van der Waals surface area contributed by atoms with Crippen LogP contribution in [0.25, 0.3) is 0 Å². The molecule has 0 aliphatic rings. The average Bonchev–Trinajstić information content (AvgIpc) is 2.86. The van der Waals surface area contributed by atoms with Gasteiger partial charge in [-0.05, 0) is 86.5 Å². The lowest BCUT2D eigenvalue weighted by Crippen LogP contribution is -2.46. The first-order valence-corrected chi connectivity index (χ1v) is 13.5. The van der Waals surface area contributed by atoms with Crippen LogP contribution in [0.5, 0.6) is 5.75 Å². The summed E-state index contributed by atoms with van der Waals surface area (Å²) in [7, 11) is 0. The normalized spacial score (nSPS) is 12.8. The average molecular weight is 512 g/mol. The lowest BCUT2D eigenvalue weighted by molar-refractivity contribution is 0.0238. The van der Waals surface area contributed by atoms with E-state index in [0.29, 0.717) is 43.1 Å². The number of ether oxygens (including phenoxy) is 1. The number of aryl methyl sites for hydroxylation is 1. The van der Waals surface area contributed by atoms with Crippen molar-refractivity contribution in [1.82, 2.24) is 10.2 Å². The molecule has 204 valence electrons. The van der Waals surface area contributed by atoms with Gasteiger partial charge in [-0.15, -0.1) is 0 Å². The Morgan fingerprint density at radius 1 is 1.03 bits per heavy atom. The van der Waals surface area contributed by atoms with Crippen molar-refractivity contribution >= 4 is 11.9 Å². The third kappa shape index (κ3) is 10.2. The number of hydrogen-bond acceptors (Lipinski definition) is 6. The van der Waals surface area contributed by atoms with Crippen molar-refractivity contribution in [3.8, 4) is 5.75 Å². The Balaban J connectivity index is 2.21. The summed E-state index contributed by atoms with van der Waals surface area (Å²) in [6.45, 7) is 12.9. The van der Waals surface area contributed by atoms with Crippen LogP contribution in [0.2, 0.25) is 0 Å². The Hall–Kier alpha value is -2.90. The summed E-state index contributed by atoms with van der Waals surface area (Å²) in [4.78, 5) is 28.3. The third-order valence-corrected chi connectivity index (χ3v) is 6.22. The van der Waals surface area contributed by atoms with Crippen LogP contribution in [0, 0.1) is 12.8 Å². The summed E-state index contributed by atoms with van der Waals surface area (Å²) in [5.74, 6) is 0.184. The Morgan fingerprint density at radius 2 is 1.65 bits per heavy atom. The zero-order valence-electron chi connectivity index (χ0n) is 23.1. The number of nitrogens with one attached hydrogen (secondary N) is 1. The van der Waals surface area contributed by atoms with Gasteiger partial charge in [0, 0.05) is 31.2 Å². The number of amides is 1. The molecular weight excluding hydrogens is 466 g/mol. The molecule has 0 saturated heterocycles. The van der Waals surface area contributed by atoms with Gasteiger partial charge in [-0.1, -0.05) is 39.8 Å². The number of carbonyl (C=O) groups excluding carboxylic acids is 2. The Labute approximate surface area is 222 Å². The summed E-state index contributed by atoms with van der Waals surface area (Å²) in [6, 6.07) is 11.6. The summed E-state index contributed by atoms with van der Waals surface area (Å²) in [5.41, 5.74) is 9.14. The smallest absolute Gasteiger partial charge is 0.338 e. The van der Waals surface area contributed by atoms with E-state index in [0.717, 1.165) is 36.9 Å². The van der Waals surface area contributed by atoms with Crippen molar-refractivity contribution in [2.45, 2.75) is 72.4 Å². The highest BCUT2D eigenvalue weighted by molar-refractivity contribution is 5.98. The standard InChI is InChI=1S/C30H45N3O4/c1-6-14-33(15-7-2)29(35)24-16-22(5)17-25(19-24)30(36)37-28(20-32-13-12-21(3)4)27(31)18-23-8-10-26(34)11-9-23/h8-11,16-17,19,21,27-28,32,34H,6-7,12-15,18,20,31H2,1-5H3/t27-,28+/m0/s1. The number of carbonyl (C=O) groups is 2. The topological polar surface area (TPSA) is 105 Å². The fourth-order valence-corrected chi connectivity index (χ4v) is 4.22. The van der Waals surface area contributed by atoms with Crippen molar-refractivity contribution in [3.63, 3.8) is 0 Å². The van der Waals surface area contributed by atoms with Gasteiger partial charge in [0.15, 0.2) is 0 Å². The molecule has 4 N–H and O–H groups in total. The molecule has 2 aromatic rings. The lowest BCUT2D eigenvalue weighted by Gasteiger charge is -2.25. The van der Waals surface area contributed by atoms with Crippen LogP contribution in [0.3, 0.4) is 0 Å². The Kier molecular flexibility index (Phi) is 12.6. The van der Waals surface area contributed by atoms with Crippen molar-refractivity contribution in [3.05, 3.63) is 64.7 Å². The monoisotopic (exact) mass is 511 g/mol. The summed E-state index contributed by atoms with van der Waals surface area (Å²) < 4.78 is 5.95. The molecule has 0 heterocycles. The third-order valence-electron chi connectivity index (χ3n) is 6.22. The highest BCUT2D eigenvalue weighted by Crippen LogP contribution is 2.17. The minimum absolute atomic E-state index is 0.0719. The number of rotatable bonds is 15. The molecule has 0 fully saturated rings. The molecule has 0 aliphatic heterocycles. The number of benzene rings is 2. The fraction of sp³-hybridized carbons (Fsp3) is 0.533. The molecule has 0 saturated carbocycles. The van der Waals surface area contributed by atoms with Crippen molar-refractivity contribution in [1.29, 1.82) is 0 Å². The van der Waals surface area contributed by atoms with Crippen LogP contribution in [-0.2, 0) is 11.2 Å². The zero-order valence-corrected chi connectivity index (χ0v) is 23.1. The maximum atomic E-state index is 13.3. The minimum atomic E-state index is -0.565. The van der Waals surface area contributed by atoms with Gasteiger partial charge in [-0.2, -0.15) is 0 Å². The van der Waals surface area contributed by atoms with E-state index < -0.39 is 18.1 Å². The van der Waals surface area contributed by atoms with Gasteiger partial charge in [-0.3, -0.25) is 4.79 Å². The molecule has 2 rings (SSSR count). The number of hydrogen-bond donors (Lipinski definition) is 3. The SMILES string of the molecule is CCCN(CCC)C(=O)c1cc(C)cc(C(=O)O[C@H](CNCCC(C)C)[C@@H](N)Cc2ccc(O)cc2)c1. The van der Waals surface area contributed by atoms with Crippen LogP contribution in [0.15, 0.2) is 42.5 Å². The maximum Gasteiger partial charge on any atom is 0.338 e. The van der Waals surface area contributed by atoms with E-state index in [1.807, 2.05) is 43.9 Å². The van der Waals surface area contributed by atoms with Gasteiger partial charge in [0.25, 0.3) is 5.91 Å². The lowest BCUT2D eigenvalue weighted by atomic mass is 10.0. The maximum absolute atomic E-state index is 13.3. The number of phenols is 1. The fourth-order valence-electron chi connectivity index (χ4n) is 4.22. The van der Waals surface area contributed by atoms with Crippen LogP contribution < -0.4 is 11.1 Å². The number of nitrogens with zero attached hydrogens (tertiary/aromatic N) is 1. The molecule has 0 aromatic heterocycles. The van der Waals surface area contributed by atoms with E-state index in [2.05, 4.69) is 19.2 Å². The predicted octanol–water partition coefficient (Wildman–Crippen LogP) is 4.69. The van der Waals surface area contributed by atoms with Gasteiger partial charge < -0.3 is 25.8 Å². The Bertz CT molecular complexity index is 985.